The maximum absolute atomic E-state index is 12.5. The zero-order valence-corrected chi connectivity index (χ0v) is 16.1. The van der Waals surface area contributed by atoms with E-state index in [1.165, 1.54) is 0 Å². The Hall–Kier alpha value is -1.59. The molecule has 0 aromatic heterocycles. The molecule has 3 rings (SSSR count). The maximum atomic E-state index is 12.5. The molecule has 26 heavy (non-hydrogen) atoms. The molecular formula is C20H28ClN3O2. The molecule has 2 atom stereocenters. The van der Waals surface area contributed by atoms with Crippen molar-refractivity contribution in [1.29, 1.82) is 0 Å². The molecule has 0 spiro atoms. The van der Waals surface area contributed by atoms with E-state index in [1.54, 1.807) is 4.90 Å². The van der Waals surface area contributed by atoms with E-state index in [9.17, 15) is 9.59 Å². The second kappa shape index (κ2) is 8.87. The minimum Gasteiger partial charge on any atom is -0.353 e. The Morgan fingerprint density at radius 3 is 2.77 bits per heavy atom. The van der Waals surface area contributed by atoms with E-state index in [-0.39, 0.29) is 23.8 Å². The van der Waals surface area contributed by atoms with Crippen LogP contribution < -0.4 is 10.6 Å². The molecular weight excluding hydrogens is 350 g/mol. The van der Waals surface area contributed by atoms with E-state index in [4.69, 9.17) is 11.6 Å². The molecule has 5 nitrogen and oxygen atoms in total. The van der Waals surface area contributed by atoms with Gasteiger partial charge < -0.3 is 15.5 Å². The number of rotatable bonds is 5. The van der Waals surface area contributed by atoms with Gasteiger partial charge in [-0.2, -0.15) is 0 Å². The van der Waals surface area contributed by atoms with Crippen molar-refractivity contribution >= 4 is 23.4 Å². The summed E-state index contributed by atoms with van der Waals surface area (Å²) >= 11 is 6.05. The molecule has 0 radical (unpaired) electrons. The van der Waals surface area contributed by atoms with Crippen molar-refractivity contribution in [2.45, 2.75) is 57.2 Å². The monoisotopic (exact) mass is 377 g/mol. The second-order valence-corrected chi connectivity index (χ2v) is 8.03. The summed E-state index contributed by atoms with van der Waals surface area (Å²) in [7, 11) is 1.83. The Bertz CT molecular complexity index is 648. The number of nitrogens with one attached hydrogen (secondary N) is 2. The molecule has 1 aromatic rings. The maximum Gasteiger partial charge on any atom is 0.223 e. The lowest BCUT2D eigenvalue weighted by molar-refractivity contribution is -0.135. The first-order valence-electron chi connectivity index (χ1n) is 9.53. The zero-order valence-electron chi connectivity index (χ0n) is 15.3. The van der Waals surface area contributed by atoms with Crippen LogP contribution in [-0.4, -0.2) is 42.4 Å². The summed E-state index contributed by atoms with van der Waals surface area (Å²) < 4.78 is 0. The number of nitrogens with zero attached hydrogens (tertiary/aromatic N) is 1. The lowest BCUT2D eigenvalue weighted by Crippen LogP contribution is -2.42. The highest BCUT2D eigenvalue weighted by Crippen LogP contribution is 2.23. The lowest BCUT2D eigenvalue weighted by Gasteiger charge is -2.24. The summed E-state index contributed by atoms with van der Waals surface area (Å²) in [5.74, 6) is -0.0887. The molecule has 1 aliphatic heterocycles. The van der Waals surface area contributed by atoms with Gasteiger partial charge in [0.05, 0.1) is 0 Å². The zero-order chi connectivity index (χ0) is 18.5. The number of hydrogen-bond acceptors (Lipinski definition) is 3. The van der Waals surface area contributed by atoms with Gasteiger partial charge in [-0.15, -0.1) is 0 Å². The SMILES string of the molecule is CN1CC(NCc2cccc(Cl)c2)CCCC(C(=O)NC2CC2)CC1=O. The van der Waals surface area contributed by atoms with Crippen molar-refractivity contribution < 1.29 is 9.59 Å². The van der Waals surface area contributed by atoms with Gasteiger partial charge in [0, 0.05) is 49.6 Å². The highest BCUT2D eigenvalue weighted by atomic mass is 35.5. The molecule has 6 heteroatoms. The first-order chi connectivity index (χ1) is 12.5. The van der Waals surface area contributed by atoms with Gasteiger partial charge in [-0.05, 0) is 43.4 Å². The highest BCUT2D eigenvalue weighted by molar-refractivity contribution is 6.30. The molecule has 2 aliphatic rings. The van der Waals surface area contributed by atoms with Crippen LogP contribution in [0.3, 0.4) is 0 Å². The molecule has 2 N–H and O–H groups in total. The van der Waals surface area contributed by atoms with Crippen LogP contribution in [0.15, 0.2) is 24.3 Å². The van der Waals surface area contributed by atoms with Crippen LogP contribution in [0.1, 0.15) is 44.1 Å². The number of amides is 2. The minimum atomic E-state index is -0.197. The quantitative estimate of drug-likeness (QED) is 0.829. The molecule has 1 aromatic carbocycles. The first-order valence-corrected chi connectivity index (χ1v) is 9.91. The average Bonchev–Trinajstić information content (AvgIpc) is 3.41. The van der Waals surface area contributed by atoms with Crippen molar-refractivity contribution in [3.05, 3.63) is 34.9 Å². The average molecular weight is 378 g/mol. The van der Waals surface area contributed by atoms with Crippen molar-refractivity contribution in [1.82, 2.24) is 15.5 Å². The van der Waals surface area contributed by atoms with Crippen molar-refractivity contribution in [3.63, 3.8) is 0 Å². The molecule has 1 saturated heterocycles. The molecule has 142 valence electrons. The van der Waals surface area contributed by atoms with Crippen LogP contribution in [0.4, 0.5) is 0 Å². The lowest BCUT2D eigenvalue weighted by atomic mass is 9.96. The van der Waals surface area contributed by atoms with Gasteiger partial charge in [-0.1, -0.05) is 30.2 Å². The van der Waals surface area contributed by atoms with E-state index in [2.05, 4.69) is 10.6 Å². The Kier molecular flexibility index (Phi) is 6.54. The second-order valence-electron chi connectivity index (χ2n) is 7.60. The summed E-state index contributed by atoms with van der Waals surface area (Å²) in [4.78, 5) is 26.7. The Labute approximate surface area is 160 Å². The molecule has 0 bridgehead atoms. The van der Waals surface area contributed by atoms with Gasteiger partial charge in [-0.25, -0.2) is 0 Å². The smallest absolute Gasteiger partial charge is 0.223 e. The third-order valence-electron chi connectivity index (χ3n) is 5.22. The van der Waals surface area contributed by atoms with E-state index >= 15 is 0 Å². The summed E-state index contributed by atoms with van der Waals surface area (Å²) in [5.41, 5.74) is 1.13. The Morgan fingerprint density at radius 1 is 1.23 bits per heavy atom. The molecule has 2 fully saturated rings. The van der Waals surface area contributed by atoms with Crippen LogP contribution in [0.5, 0.6) is 0 Å². The number of carbonyl (C=O) groups excluding carboxylic acids is 2. The van der Waals surface area contributed by atoms with Crippen molar-refractivity contribution in [2.24, 2.45) is 5.92 Å². The van der Waals surface area contributed by atoms with Gasteiger partial charge in [-0.3, -0.25) is 9.59 Å². The molecule has 2 unspecified atom stereocenters. The standard InChI is InChI=1S/C20H28ClN3O2/c1-24-13-18(22-12-14-4-2-6-16(21)10-14)7-3-5-15(11-19(24)25)20(26)23-17-8-9-17/h2,4,6,10,15,17-18,22H,3,5,7-9,11-13H2,1H3,(H,23,26). The number of likely N-dealkylation sites (N-methyl/N-ethyl adjacent to an activating group) is 1. The number of carbonyl (C=O) groups is 2. The highest BCUT2D eigenvalue weighted by Gasteiger charge is 2.30. The normalized spacial score (nSPS) is 24.5. The van der Waals surface area contributed by atoms with Crippen LogP contribution in [0, 0.1) is 5.92 Å². The van der Waals surface area contributed by atoms with Gasteiger partial charge in [0.1, 0.15) is 0 Å². The molecule has 1 heterocycles. The van der Waals surface area contributed by atoms with Crippen LogP contribution in [0.2, 0.25) is 5.02 Å². The van der Waals surface area contributed by atoms with Crippen LogP contribution in [-0.2, 0) is 16.1 Å². The van der Waals surface area contributed by atoms with Gasteiger partial charge in [0.25, 0.3) is 0 Å². The molecule has 1 saturated carbocycles. The van der Waals surface area contributed by atoms with Crippen LogP contribution in [0.25, 0.3) is 0 Å². The van der Waals surface area contributed by atoms with Gasteiger partial charge in [0.2, 0.25) is 11.8 Å². The Balaban J connectivity index is 1.56. The van der Waals surface area contributed by atoms with Gasteiger partial charge >= 0.3 is 0 Å². The first kappa shape index (κ1) is 19.2. The largest absolute Gasteiger partial charge is 0.353 e. The molecule has 2 amide bonds. The fourth-order valence-corrected chi connectivity index (χ4v) is 3.66. The van der Waals surface area contributed by atoms with Gasteiger partial charge in [0.15, 0.2) is 0 Å². The third-order valence-corrected chi connectivity index (χ3v) is 5.46. The van der Waals surface area contributed by atoms with Crippen molar-refractivity contribution in [2.75, 3.05) is 13.6 Å². The summed E-state index contributed by atoms with van der Waals surface area (Å²) in [6.45, 7) is 1.38. The predicted molar refractivity (Wildman–Crippen MR) is 103 cm³/mol. The van der Waals surface area contributed by atoms with Crippen LogP contribution >= 0.6 is 11.6 Å². The summed E-state index contributed by atoms with van der Waals surface area (Å²) in [5, 5.41) is 7.33. The fraction of sp³-hybridized carbons (Fsp3) is 0.600. The minimum absolute atomic E-state index is 0.0532. The topological polar surface area (TPSA) is 61.4 Å². The number of halogens is 1. The Morgan fingerprint density at radius 2 is 2.04 bits per heavy atom. The third kappa shape index (κ3) is 5.71. The van der Waals surface area contributed by atoms with E-state index in [1.807, 2.05) is 31.3 Å². The number of benzene rings is 1. The van der Waals surface area contributed by atoms with Crippen molar-refractivity contribution in [3.8, 4) is 0 Å². The van der Waals surface area contributed by atoms with E-state index in [0.29, 0.717) is 19.0 Å². The predicted octanol–water partition coefficient (Wildman–Crippen LogP) is 2.73. The molecule has 1 aliphatic carbocycles. The summed E-state index contributed by atoms with van der Waals surface area (Å²) in [6, 6.07) is 8.37. The number of hydrogen-bond donors (Lipinski definition) is 2. The summed E-state index contributed by atoms with van der Waals surface area (Å²) in [6.07, 6.45) is 5.12. The van der Waals surface area contributed by atoms with E-state index < -0.39 is 0 Å². The fourth-order valence-electron chi connectivity index (χ4n) is 3.45. The van der Waals surface area contributed by atoms with E-state index in [0.717, 1.165) is 49.2 Å².